The molecule has 0 spiro atoms. The predicted octanol–water partition coefficient (Wildman–Crippen LogP) is 2.26. The third kappa shape index (κ3) is 3.35. The molecular formula is C15H13NO4. The van der Waals surface area contributed by atoms with E-state index in [0.717, 1.165) is 5.76 Å². The molecule has 0 aliphatic carbocycles. The van der Waals surface area contributed by atoms with Crippen LogP contribution in [0.4, 0.5) is 0 Å². The van der Waals surface area contributed by atoms with E-state index in [1.165, 1.54) is 24.3 Å². The lowest BCUT2D eigenvalue weighted by atomic mass is 10.2. The van der Waals surface area contributed by atoms with Gasteiger partial charge in [-0.05, 0) is 37.3 Å². The quantitative estimate of drug-likeness (QED) is 0.839. The molecule has 1 heterocycles. The van der Waals surface area contributed by atoms with Gasteiger partial charge in [-0.25, -0.2) is 0 Å². The van der Waals surface area contributed by atoms with Crippen molar-refractivity contribution < 1.29 is 19.1 Å². The van der Waals surface area contributed by atoms with E-state index in [9.17, 15) is 14.7 Å². The fraction of sp³-hybridized carbons (Fsp3) is 0.0667. The molecule has 102 valence electrons. The van der Waals surface area contributed by atoms with Crippen molar-refractivity contribution in [3.8, 4) is 5.75 Å². The van der Waals surface area contributed by atoms with Crippen LogP contribution in [-0.4, -0.2) is 16.9 Å². The van der Waals surface area contributed by atoms with E-state index in [1.807, 2.05) is 0 Å². The summed E-state index contributed by atoms with van der Waals surface area (Å²) in [6.45, 7) is 1.79. The van der Waals surface area contributed by atoms with Gasteiger partial charge in [0.15, 0.2) is 0 Å². The Bertz CT molecular complexity index is 670. The average molecular weight is 271 g/mol. The van der Waals surface area contributed by atoms with Gasteiger partial charge in [-0.2, -0.15) is 0 Å². The highest BCUT2D eigenvalue weighted by Crippen LogP contribution is 2.15. The normalized spacial score (nSPS) is 10.7. The van der Waals surface area contributed by atoms with E-state index in [-0.39, 0.29) is 11.3 Å². The lowest BCUT2D eigenvalue weighted by molar-refractivity contribution is -0.115. The van der Waals surface area contributed by atoms with E-state index >= 15 is 0 Å². The topological polar surface area (TPSA) is 79.5 Å². The number of aromatic hydroxyl groups is 1. The van der Waals surface area contributed by atoms with E-state index in [1.54, 1.807) is 31.2 Å². The second-order valence-corrected chi connectivity index (χ2v) is 4.12. The molecule has 0 fully saturated rings. The smallest absolute Gasteiger partial charge is 0.261 e. The van der Waals surface area contributed by atoms with Crippen molar-refractivity contribution in [3.05, 3.63) is 59.6 Å². The first kappa shape index (κ1) is 13.6. The minimum Gasteiger partial charge on any atom is -0.507 e. The number of nitrogens with one attached hydrogen (secondary N) is 1. The Morgan fingerprint density at radius 1 is 1.20 bits per heavy atom. The maximum absolute atomic E-state index is 11.7. The molecular weight excluding hydrogens is 258 g/mol. The summed E-state index contributed by atoms with van der Waals surface area (Å²) in [5, 5.41) is 11.6. The molecule has 0 saturated carbocycles. The number of benzene rings is 1. The molecule has 0 saturated heterocycles. The summed E-state index contributed by atoms with van der Waals surface area (Å²) in [7, 11) is 0. The monoisotopic (exact) mass is 271 g/mol. The fourth-order valence-corrected chi connectivity index (χ4v) is 1.59. The summed E-state index contributed by atoms with van der Waals surface area (Å²) in [4.78, 5) is 23.3. The zero-order valence-electron chi connectivity index (χ0n) is 10.8. The Morgan fingerprint density at radius 3 is 2.60 bits per heavy atom. The van der Waals surface area contributed by atoms with Crippen LogP contribution in [0, 0.1) is 6.92 Å². The summed E-state index contributed by atoms with van der Waals surface area (Å²) in [6, 6.07) is 9.47. The molecule has 0 bridgehead atoms. The molecule has 0 unspecified atom stereocenters. The summed E-state index contributed by atoms with van der Waals surface area (Å²) in [5.74, 6) is -0.174. The van der Waals surface area contributed by atoms with Crippen LogP contribution >= 0.6 is 0 Å². The SMILES string of the molecule is Cc1ccc(C=CC(=O)NC(=O)c2ccccc2O)o1. The summed E-state index contributed by atoms with van der Waals surface area (Å²) >= 11 is 0. The Kier molecular flexibility index (Phi) is 4.00. The van der Waals surface area contributed by atoms with Gasteiger partial charge in [0.1, 0.15) is 17.3 Å². The molecule has 5 heteroatoms. The third-order valence-electron chi connectivity index (χ3n) is 2.55. The Morgan fingerprint density at radius 2 is 1.95 bits per heavy atom. The molecule has 2 N–H and O–H groups in total. The van der Waals surface area contributed by atoms with Crippen molar-refractivity contribution >= 4 is 17.9 Å². The number of hydrogen-bond donors (Lipinski definition) is 2. The zero-order chi connectivity index (χ0) is 14.5. The number of para-hydroxylation sites is 1. The number of phenols is 1. The molecule has 2 rings (SSSR count). The first-order valence-corrected chi connectivity index (χ1v) is 5.94. The van der Waals surface area contributed by atoms with Gasteiger partial charge in [-0.3, -0.25) is 14.9 Å². The van der Waals surface area contributed by atoms with Crippen molar-refractivity contribution in [2.24, 2.45) is 0 Å². The first-order chi connectivity index (χ1) is 9.56. The number of furan rings is 1. The number of rotatable bonds is 3. The Balaban J connectivity index is 2.00. The second kappa shape index (κ2) is 5.88. The number of amides is 2. The molecule has 2 amide bonds. The Labute approximate surface area is 115 Å². The lowest BCUT2D eigenvalue weighted by Gasteiger charge is -2.03. The highest BCUT2D eigenvalue weighted by atomic mass is 16.3. The van der Waals surface area contributed by atoms with E-state index in [4.69, 9.17) is 4.42 Å². The van der Waals surface area contributed by atoms with Gasteiger partial charge in [0.2, 0.25) is 0 Å². The van der Waals surface area contributed by atoms with Crippen LogP contribution in [-0.2, 0) is 4.79 Å². The number of aryl methyl sites for hydroxylation is 1. The molecule has 0 aliphatic rings. The number of phenolic OH excluding ortho intramolecular Hbond substituents is 1. The van der Waals surface area contributed by atoms with Crippen molar-refractivity contribution in [2.75, 3.05) is 0 Å². The van der Waals surface area contributed by atoms with Gasteiger partial charge in [-0.1, -0.05) is 12.1 Å². The maximum atomic E-state index is 11.7. The fourth-order valence-electron chi connectivity index (χ4n) is 1.59. The predicted molar refractivity (Wildman–Crippen MR) is 73.1 cm³/mol. The third-order valence-corrected chi connectivity index (χ3v) is 2.55. The molecule has 2 aromatic rings. The van der Waals surface area contributed by atoms with E-state index < -0.39 is 11.8 Å². The highest BCUT2D eigenvalue weighted by Gasteiger charge is 2.11. The zero-order valence-corrected chi connectivity index (χ0v) is 10.8. The maximum Gasteiger partial charge on any atom is 0.261 e. The number of imide groups is 1. The largest absolute Gasteiger partial charge is 0.507 e. The van der Waals surface area contributed by atoms with Crippen molar-refractivity contribution in [2.45, 2.75) is 6.92 Å². The van der Waals surface area contributed by atoms with Crippen molar-refractivity contribution in [1.82, 2.24) is 5.32 Å². The molecule has 1 aromatic carbocycles. The summed E-state index contributed by atoms with van der Waals surface area (Å²) in [5.41, 5.74) is 0.0445. The average Bonchev–Trinajstić information content (AvgIpc) is 2.82. The molecule has 20 heavy (non-hydrogen) atoms. The van der Waals surface area contributed by atoms with Crippen LogP contribution in [0.5, 0.6) is 5.75 Å². The van der Waals surface area contributed by atoms with Gasteiger partial charge in [0.25, 0.3) is 11.8 Å². The van der Waals surface area contributed by atoms with Crippen LogP contribution in [0.25, 0.3) is 6.08 Å². The summed E-state index contributed by atoms with van der Waals surface area (Å²) in [6.07, 6.45) is 2.65. The molecule has 5 nitrogen and oxygen atoms in total. The standard InChI is InChI=1S/C15H13NO4/c1-10-6-7-11(20-10)8-9-14(18)16-15(19)12-4-2-3-5-13(12)17/h2-9,17H,1H3,(H,16,18,19). The van der Waals surface area contributed by atoms with Gasteiger partial charge >= 0.3 is 0 Å². The van der Waals surface area contributed by atoms with Crippen LogP contribution in [0.15, 0.2) is 46.9 Å². The molecule has 1 aromatic heterocycles. The second-order valence-electron chi connectivity index (χ2n) is 4.12. The van der Waals surface area contributed by atoms with Gasteiger partial charge in [0, 0.05) is 6.08 Å². The number of carbonyl (C=O) groups is 2. The van der Waals surface area contributed by atoms with Crippen LogP contribution in [0.1, 0.15) is 21.9 Å². The minimum absolute atomic E-state index is 0.0445. The van der Waals surface area contributed by atoms with Crippen LogP contribution in [0.3, 0.4) is 0 Å². The van der Waals surface area contributed by atoms with E-state index in [0.29, 0.717) is 5.76 Å². The van der Waals surface area contributed by atoms with Crippen LogP contribution in [0.2, 0.25) is 0 Å². The van der Waals surface area contributed by atoms with Crippen LogP contribution < -0.4 is 5.32 Å². The Hall–Kier alpha value is -2.82. The van der Waals surface area contributed by atoms with E-state index in [2.05, 4.69) is 5.32 Å². The molecule has 0 radical (unpaired) electrons. The van der Waals surface area contributed by atoms with Gasteiger partial charge in [-0.15, -0.1) is 0 Å². The number of carbonyl (C=O) groups excluding carboxylic acids is 2. The molecule has 0 atom stereocenters. The van der Waals surface area contributed by atoms with Crippen molar-refractivity contribution in [3.63, 3.8) is 0 Å². The lowest BCUT2D eigenvalue weighted by Crippen LogP contribution is -2.28. The minimum atomic E-state index is -0.659. The first-order valence-electron chi connectivity index (χ1n) is 5.94. The van der Waals surface area contributed by atoms with Gasteiger partial charge in [0.05, 0.1) is 5.56 Å². The summed E-state index contributed by atoms with van der Waals surface area (Å²) < 4.78 is 5.25. The molecule has 0 aliphatic heterocycles. The van der Waals surface area contributed by atoms with Gasteiger partial charge < -0.3 is 9.52 Å². The van der Waals surface area contributed by atoms with Crippen molar-refractivity contribution in [1.29, 1.82) is 0 Å². The number of hydrogen-bond acceptors (Lipinski definition) is 4. The highest BCUT2D eigenvalue weighted by molar-refractivity contribution is 6.10.